The summed E-state index contributed by atoms with van der Waals surface area (Å²) in [6, 6.07) is 13.7. The summed E-state index contributed by atoms with van der Waals surface area (Å²) >= 11 is 0. The highest BCUT2D eigenvalue weighted by Crippen LogP contribution is 2.34. The fourth-order valence-corrected chi connectivity index (χ4v) is 4.21. The Balaban J connectivity index is 1.58. The Morgan fingerprint density at radius 3 is 2.54 bits per heavy atom. The van der Waals surface area contributed by atoms with Gasteiger partial charge in [-0.25, -0.2) is 4.79 Å². The van der Waals surface area contributed by atoms with Gasteiger partial charge in [0.1, 0.15) is 0 Å². The Morgan fingerprint density at radius 1 is 1.11 bits per heavy atom. The zero-order valence-electron chi connectivity index (χ0n) is 19.9. The molecule has 2 amide bonds. The summed E-state index contributed by atoms with van der Waals surface area (Å²) in [6.45, 7) is 3.25. The van der Waals surface area contributed by atoms with Gasteiger partial charge in [-0.1, -0.05) is 24.3 Å². The van der Waals surface area contributed by atoms with E-state index in [-0.39, 0.29) is 24.8 Å². The van der Waals surface area contributed by atoms with Crippen molar-refractivity contribution in [3.63, 3.8) is 0 Å². The molecule has 0 radical (unpaired) electrons. The van der Waals surface area contributed by atoms with Crippen LogP contribution >= 0.6 is 0 Å². The normalized spacial score (nSPS) is 15.4. The van der Waals surface area contributed by atoms with Crippen LogP contribution in [-0.2, 0) is 25.6 Å². The Bertz CT molecular complexity index is 1080. The van der Waals surface area contributed by atoms with Crippen molar-refractivity contribution in [1.29, 1.82) is 0 Å². The number of rotatable bonds is 9. The second kappa shape index (κ2) is 11.2. The first-order valence-corrected chi connectivity index (χ1v) is 11.9. The van der Waals surface area contributed by atoms with Crippen LogP contribution in [0, 0.1) is 5.92 Å². The number of ether oxygens (including phenoxy) is 2. The van der Waals surface area contributed by atoms with E-state index in [1.54, 1.807) is 4.90 Å². The molecule has 2 aromatic carbocycles. The van der Waals surface area contributed by atoms with Gasteiger partial charge in [-0.05, 0) is 47.7 Å². The van der Waals surface area contributed by atoms with Gasteiger partial charge in [0.25, 0.3) is 0 Å². The fourth-order valence-electron chi connectivity index (χ4n) is 4.21. The van der Waals surface area contributed by atoms with Gasteiger partial charge in [0.2, 0.25) is 5.91 Å². The molecular formula is C26H31N3O6. The van der Waals surface area contributed by atoms with E-state index < -0.39 is 12.1 Å². The highest BCUT2D eigenvalue weighted by molar-refractivity contribution is 5.91. The number of carboxylic acid groups (broad SMARTS) is 1. The van der Waals surface area contributed by atoms with Crippen molar-refractivity contribution >= 4 is 29.3 Å². The molecule has 1 aliphatic heterocycles. The summed E-state index contributed by atoms with van der Waals surface area (Å²) in [5.74, 6) is -0.874. The number of methoxy groups -OCH3 is 1. The molecule has 186 valence electrons. The average molecular weight is 482 g/mol. The monoisotopic (exact) mass is 481 g/mol. The molecule has 0 unspecified atom stereocenters. The van der Waals surface area contributed by atoms with Gasteiger partial charge in [-0.15, -0.1) is 0 Å². The van der Waals surface area contributed by atoms with Crippen LogP contribution in [0.4, 0.5) is 16.2 Å². The molecule has 1 heterocycles. The number of carbonyl (C=O) groups is 3. The molecule has 0 bridgehead atoms. The minimum Gasteiger partial charge on any atom is -0.481 e. The zero-order chi connectivity index (χ0) is 24.8. The largest absolute Gasteiger partial charge is 0.481 e. The number of carbonyl (C=O) groups excluding carboxylic acids is 2. The summed E-state index contributed by atoms with van der Waals surface area (Å²) in [5, 5.41) is 11.9. The van der Waals surface area contributed by atoms with E-state index in [4.69, 9.17) is 14.6 Å². The van der Waals surface area contributed by atoms with Crippen LogP contribution in [0.3, 0.4) is 0 Å². The second-order valence-electron chi connectivity index (χ2n) is 8.83. The van der Waals surface area contributed by atoms with Gasteiger partial charge in [0.15, 0.2) is 0 Å². The van der Waals surface area contributed by atoms with Gasteiger partial charge < -0.3 is 24.4 Å². The molecule has 0 aromatic heterocycles. The van der Waals surface area contributed by atoms with Crippen LogP contribution < -0.4 is 10.2 Å². The Labute approximate surface area is 204 Å². The maximum atomic E-state index is 12.7. The average Bonchev–Trinajstić information content (AvgIpc) is 3.72. The lowest BCUT2D eigenvalue weighted by molar-refractivity contribution is -0.139. The molecule has 2 N–H and O–H groups in total. The van der Waals surface area contributed by atoms with Crippen molar-refractivity contribution in [2.45, 2.75) is 25.8 Å². The Hall–Kier alpha value is -3.59. The molecule has 1 saturated carbocycles. The molecule has 2 aliphatic rings. The molecule has 9 nitrogen and oxygen atoms in total. The minimum atomic E-state index is -0.918. The number of aliphatic carboxylic acids is 1. The van der Waals surface area contributed by atoms with E-state index in [2.05, 4.69) is 10.2 Å². The van der Waals surface area contributed by atoms with Gasteiger partial charge in [0.05, 0.1) is 38.1 Å². The standard InChI is InChI=1S/C26H31N3O6/c1-34-26(33)27-22-16-21(7-8-23(22)28-11-13-35-14-12-28)20-4-2-3-18(15-20)17-29(10-9-24(30)31)25(32)19-5-6-19/h2-4,7-8,15-16,19H,5-6,9-14,17H2,1H3,(H,27,33)(H,30,31). The summed E-state index contributed by atoms with van der Waals surface area (Å²) in [5.41, 5.74) is 4.30. The number of anilines is 2. The van der Waals surface area contributed by atoms with E-state index in [1.807, 2.05) is 42.5 Å². The lowest BCUT2D eigenvalue weighted by Gasteiger charge is -2.30. The number of carboxylic acids is 1. The van der Waals surface area contributed by atoms with E-state index in [0.29, 0.717) is 25.4 Å². The van der Waals surface area contributed by atoms with Gasteiger partial charge in [-0.3, -0.25) is 14.9 Å². The number of amides is 2. The SMILES string of the molecule is COC(=O)Nc1cc(-c2cccc(CN(CCC(=O)O)C(=O)C3CC3)c2)ccc1N1CCOCC1. The predicted octanol–water partition coefficient (Wildman–Crippen LogP) is 3.58. The van der Waals surface area contributed by atoms with E-state index in [0.717, 1.165) is 48.3 Å². The molecule has 4 rings (SSSR count). The first-order chi connectivity index (χ1) is 16.9. The molecule has 0 atom stereocenters. The van der Waals surface area contributed by atoms with Crippen molar-refractivity contribution in [2.75, 3.05) is 50.2 Å². The fraction of sp³-hybridized carbons (Fsp3) is 0.423. The number of hydrogen-bond acceptors (Lipinski definition) is 6. The van der Waals surface area contributed by atoms with Crippen molar-refractivity contribution in [3.8, 4) is 11.1 Å². The van der Waals surface area contributed by atoms with Crippen LogP contribution in [0.15, 0.2) is 42.5 Å². The molecule has 1 aliphatic carbocycles. The quantitative estimate of drug-likeness (QED) is 0.564. The van der Waals surface area contributed by atoms with Crippen molar-refractivity contribution in [2.24, 2.45) is 5.92 Å². The lowest BCUT2D eigenvalue weighted by Crippen LogP contribution is -2.36. The van der Waals surface area contributed by atoms with E-state index in [9.17, 15) is 14.4 Å². The van der Waals surface area contributed by atoms with Crippen molar-refractivity contribution in [3.05, 3.63) is 48.0 Å². The van der Waals surface area contributed by atoms with Crippen LogP contribution in [0.1, 0.15) is 24.8 Å². The lowest BCUT2D eigenvalue weighted by atomic mass is 10.0. The summed E-state index contributed by atoms with van der Waals surface area (Å²) in [4.78, 5) is 39.6. The molecule has 0 spiro atoms. The Morgan fingerprint density at radius 2 is 1.86 bits per heavy atom. The minimum absolute atomic E-state index is 0.0201. The summed E-state index contributed by atoms with van der Waals surface area (Å²) < 4.78 is 10.3. The third kappa shape index (κ3) is 6.51. The second-order valence-corrected chi connectivity index (χ2v) is 8.83. The molecular weight excluding hydrogens is 450 g/mol. The third-order valence-electron chi connectivity index (χ3n) is 6.24. The molecule has 35 heavy (non-hydrogen) atoms. The number of morpholine rings is 1. The highest BCUT2D eigenvalue weighted by Gasteiger charge is 2.33. The van der Waals surface area contributed by atoms with E-state index in [1.165, 1.54) is 7.11 Å². The van der Waals surface area contributed by atoms with Crippen LogP contribution in [0.25, 0.3) is 11.1 Å². The van der Waals surface area contributed by atoms with Gasteiger partial charge in [-0.2, -0.15) is 0 Å². The third-order valence-corrected chi connectivity index (χ3v) is 6.24. The van der Waals surface area contributed by atoms with Crippen LogP contribution in [0.5, 0.6) is 0 Å². The van der Waals surface area contributed by atoms with E-state index >= 15 is 0 Å². The van der Waals surface area contributed by atoms with Crippen molar-refractivity contribution < 1.29 is 29.0 Å². The maximum Gasteiger partial charge on any atom is 0.411 e. The number of hydrogen-bond donors (Lipinski definition) is 2. The maximum absolute atomic E-state index is 12.7. The zero-order valence-corrected chi connectivity index (χ0v) is 19.9. The number of nitrogens with zero attached hydrogens (tertiary/aromatic N) is 2. The highest BCUT2D eigenvalue weighted by atomic mass is 16.5. The first kappa shape index (κ1) is 24.5. The van der Waals surface area contributed by atoms with Gasteiger partial charge >= 0.3 is 12.1 Å². The Kier molecular flexibility index (Phi) is 7.87. The molecule has 2 fully saturated rings. The summed E-state index contributed by atoms with van der Waals surface area (Å²) in [6.07, 6.45) is 1.11. The molecule has 1 saturated heterocycles. The molecule has 2 aromatic rings. The van der Waals surface area contributed by atoms with Crippen LogP contribution in [0.2, 0.25) is 0 Å². The topological polar surface area (TPSA) is 108 Å². The van der Waals surface area contributed by atoms with Crippen LogP contribution in [-0.4, -0.2) is 67.9 Å². The van der Waals surface area contributed by atoms with Crippen molar-refractivity contribution in [1.82, 2.24) is 4.90 Å². The number of benzene rings is 2. The first-order valence-electron chi connectivity index (χ1n) is 11.9. The molecule has 9 heteroatoms. The summed E-state index contributed by atoms with van der Waals surface area (Å²) in [7, 11) is 1.33. The smallest absolute Gasteiger partial charge is 0.411 e. The number of nitrogens with one attached hydrogen (secondary N) is 1. The van der Waals surface area contributed by atoms with Gasteiger partial charge in [0, 0.05) is 32.1 Å². The predicted molar refractivity (Wildman–Crippen MR) is 131 cm³/mol.